The molecule has 2 aromatic rings. The summed E-state index contributed by atoms with van der Waals surface area (Å²) >= 11 is 6.68. The molecule has 4 heteroatoms. The Labute approximate surface area is 122 Å². The molecular weight excluding hydrogens is 360 g/mol. The Hall–Kier alpha value is -1.13. The number of carbonyl (C=O) groups is 1. The molecule has 0 spiro atoms. The van der Waals surface area contributed by atoms with Gasteiger partial charge in [-0.15, -0.1) is 0 Å². The van der Waals surface area contributed by atoms with Gasteiger partial charge in [-0.2, -0.15) is 0 Å². The molecule has 0 N–H and O–H groups in total. The van der Waals surface area contributed by atoms with Crippen molar-refractivity contribution < 1.29 is 9.53 Å². The summed E-state index contributed by atoms with van der Waals surface area (Å²) in [6.45, 7) is 0. The van der Waals surface area contributed by atoms with Crippen LogP contribution < -0.4 is 4.74 Å². The van der Waals surface area contributed by atoms with E-state index < -0.39 is 0 Å². The lowest BCUT2D eigenvalue weighted by Crippen LogP contribution is -2.11. The van der Waals surface area contributed by atoms with Crippen molar-refractivity contribution in [3.05, 3.63) is 63.0 Å². The zero-order valence-corrected chi connectivity index (χ0v) is 12.6. The predicted molar refractivity (Wildman–Crippen MR) is 77.6 cm³/mol. The molecule has 0 saturated carbocycles. The summed E-state index contributed by atoms with van der Waals surface area (Å²) in [6, 6.07) is 14.8. The van der Waals surface area contributed by atoms with E-state index in [1.54, 1.807) is 12.1 Å². The van der Waals surface area contributed by atoms with Crippen LogP contribution in [0.15, 0.2) is 57.5 Å². The Balaban J connectivity index is 1.98. The molecule has 0 bridgehead atoms. The average molecular weight is 370 g/mol. The number of hydrogen-bond donors (Lipinski definition) is 0. The third-order valence-corrected chi connectivity index (χ3v) is 3.31. The van der Waals surface area contributed by atoms with Crippen LogP contribution in [0.5, 0.6) is 5.75 Å². The molecule has 0 atom stereocenters. The highest BCUT2D eigenvalue weighted by molar-refractivity contribution is 9.10. The molecule has 0 fully saturated rings. The van der Waals surface area contributed by atoms with Crippen LogP contribution in [0.25, 0.3) is 0 Å². The number of rotatable bonds is 3. The lowest BCUT2D eigenvalue weighted by molar-refractivity contribution is -0.133. The van der Waals surface area contributed by atoms with Gasteiger partial charge in [0.25, 0.3) is 0 Å². The smallest absolute Gasteiger partial charge is 0.315 e. The first-order valence-corrected chi connectivity index (χ1v) is 6.93. The molecule has 0 saturated heterocycles. The van der Waals surface area contributed by atoms with Crippen LogP contribution in [-0.4, -0.2) is 5.97 Å². The van der Waals surface area contributed by atoms with E-state index in [4.69, 9.17) is 4.74 Å². The van der Waals surface area contributed by atoms with Gasteiger partial charge in [0.05, 0.1) is 6.42 Å². The molecule has 0 heterocycles. The van der Waals surface area contributed by atoms with Crippen LogP contribution in [0.3, 0.4) is 0 Å². The van der Waals surface area contributed by atoms with E-state index >= 15 is 0 Å². The largest absolute Gasteiger partial charge is 0.426 e. The summed E-state index contributed by atoms with van der Waals surface area (Å²) in [5.74, 6) is 0.280. The van der Waals surface area contributed by atoms with Crippen LogP contribution in [0, 0.1) is 0 Å². The number of hydrogen-bond acceptors (Lipinski definition) is 2. The summed E-state index contributed by atoms with van der Waals surface area (Å²) in [5.41, 5.74) is 0.929. The van der Waals surface area contributed by atoms with E-state index in [9.17, 15) is 4.79 Å². The highest BCUT2D eigenvalue weighted by Gasteiger charge is 2.06. The van der Waals surface area contributed by atoms with E-state index in [1.807, 2.05) is 36.4 Å². The van der Waals surface area contributed by atoms with Gasteiger partial charge in [0, 0.05) is 8.95 Å². The van der Waals surface area contributed by atoms with Crippen molar-refractivity contribution in [3.8, 4) is 5.75 Å². The van der Waals surface area contributed by atoms with E-state index in [-0.39, 0.29) is 12.4 Å². The molecule has 0 unspecified atom stereocenters. The first-order chi connectivity index (χ1) is 8.63. The summed E-state index contributed by atoms with van der Waals surface area (Å²) in [5, 5.41) is 0. The highest BCUT2D eigenvalue weighted by Crippen LogP contribution is 2.18. The molecule has 0 aliphatic carbocycles. The van der Waals surface area contributed by atoms with Gasteiger partial charge in [-0.25, -0.2) is 0 Å². The minimum Gasteiger partial charge on any atom is -0.426 e. The van der Waals surface area contributed by atoms with Crippen LogP contribution in [-0.2, 0) is 11.2 Å². The predicted octanol–water partition coefficient (Wildman–Crippen LogP) is 4.36. The van der Waals surface area contributed by atoms with Gasteiger partial charge in [0.1, 0.15) is 5.75 Å². The summed E-state index contributed by atoms with van der Waals surface area (Å²) in [6.07, 6.45) is 0.264. The molecule has 18 heavy (non-hydrogen) atoms. The van der Waals surface area contributed by atoms with Crippen molar-refractivity contribution in [1.29, 1.82) is 0 Å². The van der Waals surface area contributed by atoms with Crippen LogP contribution in [0.1, 0.15) is 5.56 Å². The zero-order valence-electron chi connectivity index (χ0n) is 9.40. The third-order valence-electron chi connectivity index (χ3n) is 2.29. The van der Waals surface area contributed by atoms with Gasteiger partial charge in [-0.1, -0.05) is 50.1 Å². The van der Waals surface area contributed by atoms with Crippen molar-refractivity contribution in [2.24, 2.45) is 0 Å². The van der Waals surface area contributed by atoms with Crippen LogP contribution in [0.4, 0.5) is 0 Å². The molecular formula is C14H10Br2O2. The van der Waals surface area contributed by atoms with Gasteiger partial charge < -0.3 is 4.74 Å². The first-order valence-electron chi connectivity index (χ1n) is 5.34. The molecule has 0 aliphatic heterocycles. The monoisotopic (exact) mass is 368 g/mol. The van der Waals surface area contributed by atoms with Gasteiger partial charge in [0.15, 0.2) is 0 Å². The third kappa shape index (κ3) is 3.96. The fourth-order valence-corrected chi connectivity index (χ4v) is 2.11. The number of benzene rings is 2. The maximum atomic E-state index is 11.7. The topological polar surface area (TPSA) is 26.3 Å². The second-order valence-electron chi connectivity index (χ2n) is 3.73. The minimum atomic E-state index is -0.268. The second kappa shape index (κ2) is 6.16. The lowest BCUT2D eigenvalue weighted by Gasteiger charge is -2.04. The number of carbonyl (C=O) groups excluding carboxylic acids is 1. The molecule has 2 rings (SSSR count). The Kier molecular flexibility index (Phi) is 4.55. The minimum absolute atomic E-state index is 0.264. The summed E-state index contributed by atoms with van der Waals surface area (Å²) in [7, 11) is 0. The van der Waals surface area contributed by atoms with Crippen molar-refractivity contribution in [2.75, 3.05) is 0 Å². The first kappa shape index (κ1) is 13.3. The van der Waals surface area contributed by atoms with Gasteiger partial charge >= 0.3 is 5.97 Å². The maximum absolute atomic E-state index is 11.7. The van der Waals surface area contributed by atoms with Crippen molar-refractivity contribution >= 4 is 37.8 Å². The summed E-state index contributed by atoms with van der Waals surface area (Å²) in [4.78, 5) is 11.7. The number of esters is 1. The Morgan fingerprint density at radius 1 is 1.00 bits per heavy atom. The molecule has 2 nitrogen and oxygen atoms in total. The van der Waals surface area contributed by atoms with E-state index in [0.717, 1.165) is 14.5 Å². The fourth-order valence-electron chi connectivity index (χ4n) is 1.47. The van der Waals surface area contributed by atoms with E-state index in [2.05, 4.69) is 31.9 Å². The van der Waals surface area contributed by atoms with Gasteiger partial charge in [-0.3, -0.25) is 4.79 Å². The summed E-state index contributed by atoms with van der Waals surface area (Å²) < 4.78 is 7.13. The van der Waals surface area contributed by atoms with E-state index in [0.29, 0.717) is 5.75 Å². The quantitative estimate of drug-likeness (QED) is 0.593. The zero-order chi connectivity index (χ0) is 13.0. The molecule has 92 valence electrons. The Morgan fingerprint density at radius 2 is 1.72 bits per heavy atom. The standard InChI is InChI=1S/C14H10Br2O2/c15-11-6-4-10(5-7-11)8-14(17)18-13-3-1-2-12(16)9-13/h1-7,9H,8H2. The highest BCUT2D eigenvalue weighted by atomic mass is 79.9. The normalized spacial score (nSPS) is 10.1. The second-order valence-corrected chi connectivity index (χ2v) is 5.57. The fraction of sp³-hybridized carbons (Fsp3) is 0.0714. The lowest BCUT2D eigenvalue weighted by atomic mass is 10.1. The van der Waals surface area contributed by atoms with Crippen LogP contribution in [0.2, 0.25) is 0 Å². The van der Waals surface area contributed by atoms with E-state index in [1.165, 1.54) is 0 Å². The number of halogens is 2. The van der Waals surface area contributed by atoms with Gasteiger partial charge in [0.2, 0.25) is 0 Å². The Morgan fingerprint density at radius 3 is 2.39 bits per heavy atom. The van der Waals surface area contributed by atoms with Crippen molar-refractivity contribution in [2.45, 2.75) is 6.42 Å². The van der Waals surface area contributed by atoms with Crippen LogP contribution >= 0.6 is 31.9 Å². The van der Waals surface area contributed by atoms with Gasteiger partial charge in [-0.05, 0) is 35.9 Å². The Bertz CT molecular complexity index is 550. The average Bonchev–Trinajstić information content (AvgIpc) is 2.32. The SMILES string of the molecule is O=C(Cc1ccc(Br)cc1)Oc1cccc(Br)c1. The van der Waals surface area contributed by atoms with Crippen molar-refractivity contribution in [3.63, 3.8) is 0 Å². The number of ether oxygens (including phenoxy) is 1. The molecule has 0 radical (unpaired) electrons. The molecule has 0 aliphatic rings. The molecule has 0 amide bonds. The van der Waals surface area contributed by atoms with Crippen molar-refractivity contribution in [1.82, 2.24) is 0 Å². The molecule has 0 aromatic heterocycles. The maximum Gasteiger partial charge on any atom is 0.315 e. The molecule has 2 aromatic carbocycles.